The molecule has 0 saturated carbocycles. The lowest BCUT2D eigenvalue weighted by Crippen LogP contribution is -2.12. The second-order valence-electron chi connectivity index (χ2n) is 7.03. The topological polar surface area (TPSA) is 122 Å². The van der Waals surface area contributed by atoms with Crippen LogP contribution >= 0.6 is 11.8 Å². The molecule has 3 aromatic heterocycles. The molecule has 31 heavy (non-hydrogen) atoms. The number of nitrogens with zero attached hydrogens (tertiary/aromatic N) is 5. The van der Waals surface area contributed by atoms with E-state index in [0.717, 1.165) is 22.4 Å². The predicted octanol–water partition coefficient (Wildman–Crippen LogP) is 3.73. The van der Waals surface area contributed by atoms with Gasteiger partial charge in [0, 0.05) is 36.5 Å². The first-order valence-corrected chi connectivity index (χ1v) is 10.7. The summed E-state index contributed by atoms with van der Waals surface area (Å²) in [6.07, 6.45) is 4.06. The number of amides is 1. The third-order valence-electron chi connectivity index (χ3n) is 4.31. The molecule has 2 N–H and O–H groups in total. The summed E-state index contributed by atoms with van der Waals surface area (Å²) < 4.78 is 5.26. The summed E-state index contributed by atoms with van der Waals surface area (Å²) in [6.45, 7) is 4.00. The van der Waals surface area contributed by atoms with Crippen LogP contribution in [0, 0.1) is 13.8 Å². The summed E-state index contributed by atoms with van der Waals surface area (Å²) >= 11 is 1.39. The van der Waals surface area contributed by atoms with E-state index in [1.165, 1.54) is 11.8 Å². The first-order valence-electron chi connectivity index (χ1n) is 9.70. The van der Waals surface area contributed by atoms with Crippen molar-refractivity contribution in [1.82, 2.24) is 30.3 Å². The van der Waals surface area contributed by atoms with Gasteiger partial charge in [0.2, 0.25) is 17.0 Å². The molecule has 158 valence electrons. The van der Waals surface area contributed by atoms with E-state index in [9.17, 15) is 4.79 Å². The van der Waals surface area contributed by atoms with E-state index in [4.69, 9.17) is 4.52 Å². The number of aryl methyl sites for hydroxylation is 3. The molecular weight excluding hydrogens is 414 g/mol. The average molecular weight is 436 g/mol. The van der Waals surface area contributed by atoms with E-state index in [2.05, 4.69) is 41.7 Å². The third kappa shape index (κ3) is 5.76. The standard InChI is InChI=1S/C21H21N7O2S/c1-13-8-14(2)10-16(9-13)23-18(29)5-6-19-24-17(28-30-19)12-31-21-25-20(26-27-21)15-4-3-7-22-11-15/h3-4,7-11H,5-6,12H2,1-2H3,(H,23,29)(H,25,26,27). The zero-order valence-electron chi connectivity index (χ0n) is 17.1. The molecule has 1 amide bonds. The Kier molecular flexibility index (Phi) is 6.37. The van der Waals surface area contributed by atoms with E-state index in [1.54, 1.807) is 12.4 Å². The number of benzene rings is 1. The maximum Gasteiger partial charge on any atom is 0.227 e. The van der Waals surface area contributed by atoms with Crippen LogP contribution in [0.25, 0.3) is 11.4 Å². The summed E-state index contributed by atoms with van der Waals surface area (Å²) in [4.78, 5) is 25.1. The Morgan fingerprint density at radius 2 is 2.03 bits per heavy atom. The Balaban J connectivity index is 1.26. The number of rotatable bonds is 8. The molecule has 0 radical (unpaired) electrons. The lowest BCUT2D eigenvalue weighted by molar-refractivity contribution is -0.116. The number of thioether (sulfide) groups is 1. The second kappa shape index (κ2) is 9.52. The predicted molar refractivity (Wildman–Crippen MR) is 116 cm³/mol. The van der Waals surface area contributed by atoms with Crippen LogP contribution in [0.5, 0.6) is 0 Å². The van der Waals surface area contributed by atoms with Crippen LogP contribution < -0.4 is 5.32 Å². The van der Waals surface area contributed by atoms with Gasteiger partial charge in [-0.25, -0.2) is 4.98 Å². The van der Waals surface area contributed by atoms with Gasteiger partial charge in [0.05, 0.1) is 5.75 Å². The molecular formula is C21H21N7O2S. The lowest BCUT2D eigenvalue weighted by atomic mass is 10.1. The first kappa shape index (κ1) is 20.7. The van der Waals surface area contributed by atoms with Crippen molar-refractivity contribution in [3.05, 3.63) is 65.6 Å². The van der Waals surface area contributed by atoms with Crippen LogP contribution in [-0.2, 0) is 17.0 Å². The van der Waals surface area contributed by atoms with Crippen LogP contribution in [0.3, 0.4) is 0 Å². The number of hydrogen-bond donors (Lipinski definition) is 2. The van der Waals surface area contributed by atoms with Gasteiger partial charge in [0.25, 0.3) is 0 Å². The van der Waals surface area contributed by atoms with Gasteiger partial charge in [-0.15, -0.1) is 5.10 Å². The van der Waals surface area contributed by atoms with Gasteiger partial charge in [-0.3, -0.25) is 14.9 Å². The average Bonchev–Trinajstić information content (AvgIpc) is 3.40. The van der Waals surface area contributed by atoms with Gasteiger partial charge in [0.1, 0.15) is 0 Å². The number of hydrogen-bond acceptors (Lipinski definition) is 8. The molecule has 4 aromatic rings. The third-order valence-corrected chi connectivity index (χ3v) is 5.16. The summed E-state index contributed by atoms with van der Waals surface area (Å²) in [5.74, 6) is 1.98. The molecule has 0 spiro atoms. The number of carbonyl (C=O) groups excluding carboxylic acids is 1. The van der Waals surface area contributed by atoms with E-state index >= 15 is 0 Å². The minimum Gasteiger partial charge on any atom is -0.339 e. The Bertz CT molecular complexity index is 1150. The minimum absolute atomic E-state index is 0.0946. The smallest absolute Gasteiger partial charge is 0.227 e. The highest BCUT2D eigenvalue weighted by Gasteiger charge is 2.12. The van der Waals surface area contributed by atoms with Crippen molar-refractivity contribution >= 4 is 23.4 Å². The normalized spacial score (nSPS) is 10.9. The van der Waals surface area contributed by atoms with Crippen molar-refractivity contribution in [2.24, 2.45) is 0 Å². The molecule has 1 aromatic carbocycles. The Labute approximate surface area is 183 Å². The van der Waals surface area contributed by atoms with E-state index in [0.29, 0.717) is 34.9 Å². The first-order chi connectivity index (χ1) is 15.0. The number of anilines is 1. The van der Waals surface area contributed by atoms with E-state index in [1.807, 2.05) is 38.1 Å². The molecule has 10 heteroatoms. The number of aromatic nitrogens is 6. The Hall–Kier alpha value is -3.53. The summed E-state index contributed by atoms with van der Waals surface area (Å²) in [7, 11) is 0. The molecule has 0 saturated heterocycles. The molecule has 0 aliphatic rings. The fraction of sp³-hybridized carbons (Fsp3) is 0.238. The Morgan fingerprint density at radius 3 is 2.81 bits per heavy atom. The van der Waals surface area contributed by atoms with Gasteiger partial charge < -0.3 is 9.84 Å². The zero-order chi connectivity index (χ0) is 21.6. The van der Waals surface area contributed by atoms with Gasteiger partial charge in [-0.1, -0.05) is 23.0 Å². The number of nitrogens with one attached hydrogen (secondary N) is 2. The van der Waals surface area contributed by atoms with Crippen LogP contribution in [0.1, 0.15) is 29.3 Å². The molecule has 9 nitrogen and oxygen atoms in total. The fourth-order valence-electron chi connectivity index (χ4n) is 3.01. The van der Waals surface area contributed by atoms with Crippen molar-refractivity contribution < 1.29 is 9.32 Å². The van der Waals surface area contributed by atoms with Crippen LogP contribution in [0.2, 0.25) is 0 Å². The maximum absolute atomic E-state index is 12.2. The van der Waals surface area contributed by atoms with Crippen molar-refractivity contribution in [3.63, 3.8) is 0 Å². The van der Waals surface area contributed by atoms with Crippen molar-refractivity contribution in [2.75, 3.05) is 5.32 Å². The minimum atomic E-state index is -0.0946. The summed E-state index contributed by atoms with van der Waals surface area (Å²) in [5, 5.41) is 14.5. The number of pyridine rings is 1. The summed E-state index contributed by atoms with van der Waals surface area (Å²) in [5.41, 5.74) is 3.87. The van der Waals surface area contributed by atoms with Crippen molar-refractivity contribution in [2.45, 2.75) is 37.6 Å². The second-order valence-corrected chi connectivity index (χ2v) is 7.97. The summed E-state index contributed by atoms with van der Waals surface area (Å²) in [6, 6.07) is 9.69. The monoisotopic (exact) mass is 435 g/mol. The van der Waals surface area contributed by atoms with Crippen molar-refractivity contribution in [3.8, 4) is 11.4 Å². The number of H-pyrrole nitrogens is 1. The molecule has 0 unspecified atom stereocenters. The van der Waals surface area contributed by atoms with Crippen LogP contribution in [-0.4, -0.2) is 36.2 Å². The molecule has 0 bridgehead atoms. The number of aromatic amines is 1. The van der Waals surface area contributed by atoms with E-state index < -0.39 is 0 Å². The molecule has 0 aliphatic heterocycles. The molecule has 3 heterocycles. The van der Waals surface area contributed by atoms with Crippen molar-refractivity contribution in [1.29, 1.82) is 0 Å². The van der Waals surface area contributed by atoms with Gasteiger partial charge >= 0.3 is 0 Å². The lowest BCUT2D eigenvalue weighted by Gasteiger charge is -2.06. The van der Waals surface area contributed by atoms with Crippen LogP contribution in [0.4, 0.5) is 5.69 Å². The quantitative estimate of drug-likeness (QED) is 0.401. The van der Waals surface area contributed by atoms with Gasteiger partial charge in [0.15, 0.2) is 11.6 Å². The van der Waals surface area contributed by atoms with Crippen LogP contribution in [0.15, 0.2) is 52.4 Å². The van der Waals surface area contributed by atoms with Gasteiger partial charge in [-0.05, 0) is 49.2 Å². The zero-order valence-corrected chi connectivity index (χ0v) is 17.9. The molecule has 0 fully saturated rings. The highest BCUT2D eigenvalue weighted by atomic mass is 32.2. The molecule has 4 rings (SSSR count). The molecule has 0 aliphatic carbocycles. The highest BCUT2D eigenvalue weighted by molar-refractivity contribution is 7.98. The number of carbonyl (C=O) groups is 1. The Morgan fingerprint density at radius 1 is 1.19 bits per heavy atom. The SMILES string of the molecule is Cc1cc(C)cc(NC(=O)CCc2nc(CSc3n[nH]c(-c4cccnc4)n3)no2)c1. The van der Waals surface area contributed by atoms with E-state index in [-0.39, 0.29) is 12.3 Å². The largest absolute Gasteiger partial charge is 0.339 e. The van der Waals surface area contributed by atoms with Gasteiger partial charge in [-0.2, -0.15) is 4.98 Å². The maximum atomic E-state index is 12.2. The highest BCUT2D eigenvalue weighted by Crippen LogP contribution is 2.21. The fourth-order valence-corrected chi connectivity index (χ4v) is 3.65. The molecule has 0 atom stereocenters.